The van der Waals surface area contributed by atoms with Crippen LogP contribution in [0.15, 0.2) is 0 Å². The van der Waals surface area contributed by atoms with E-state index in [0.29, 0.717) is 26.2 Å². The van der Waals surface area contributed by atoms with Crippen LogP contribution < -0.4 is 5.73 Å². The van der Waals surface area contributed by atoms with Gasteiger partial charge in [-0.3, -0.25) is 4.79 Å². The zero-order valence-electron chi connectivity index (χ0n) is 8.35. The van der Waals surface area contributed by atoms with Gasteiger partial charge in [0.1, 0.15) is 6.29 Å². The van der Waals surface area contributed by atoms with Gasteiger partial charge in [-0.2, -0.15) is 0 Å². The molecule has 2 fully saturated rings. The van der Waals surface area contributed by atoms with Gasteiger partial charge in [-0.05, 0) is 0 Å². The highest BCUT2D eigenvalue weighted by Gasteiger charge is 2.49. The van der Waals surface area contributed by atoms with Crippen LogP contribution in [0.25, 0.3) is 0 Å². The van der Waals surface area contributed by atoms with E-state index in [1.165, 1.54) is 4.90 Å². The Morgan fingerprint density at radius 3 is 2.73 bits per heavy atom. The number of aldehydes is 1. The molecule has 0 aromatic carbocycles. The van der Waals surface area contributed by atoms with Crippen molar-refractivity contribution in [1.29, 1.82) is 0 Å². The van der Waals surface area contributed by atoms with Gasteiger partial charge in [0.05, 0.1) is 32.3 Å². The number of likely N-dealkylation sites (tertiary alicyclic amines) is 1. The Bertz CT molecular complexity index is 275. The molecule has 6 nitrogen and oxygen atoms in total. The van der Waals surface area contributed by atoms with Crippen LogP contribution in [0.3, 0.4) is 0 Å². The molecule has 2 saturated heterocycles. The van der Waals surface area contributed by atoms with E-state index in [-0.39, 0.29) is 12.5 Å². The van der Waals surface area contributed by atoms with Gasteiger partial charge in [0.25, 0.3) is 0 Å². The molecule has 0 aromatic rings. The molecule has 1 amide bonds. The van der Waals surface area contributed by atoms with Crippen LogP contribution in [0.4, 0.5) is 0 Å². The summed E-state index contributed by atoms with van der Waals surface area (Å²) in [4.78, 5) is 23.7. The minimum Gasteiger partial charge on any atom is -0.346 e. The van der Waals surface area contributed by atoms with Crippen molar-refractivity contribution in [2.45, 2.75) is 18.2 Å². The van der Waals surface area contributed by atoms with Crippen LogP contribution in [0.1, 0.15) is 6.42 Å². The number of hydrogen-bond donors (Lipinski definition) is 1. The number of ether oxygens (including phenoxy) is 2. The number of hydrogen-bond acceptors (Lipinski definition) is 5. The molecule has 0 saturated carbocycles. The maximum atomic E-state index is 11.5. The summed E-state index contributed by atoms with van der Waals surface area (Å²) in [7, 11) is 0. The van der Waals surface area contributed by atoms with Crippen LogP contribution in [0.5, 0.6) is 0 Å². The van der Waals surface area contributed by atoms with Gasteiger partial charge in [-0.1, -0.05) is 0 Å². The van der Waals surface area contributed by atoms with E-state index in [2.05, 4.69) is 0 Å². The normalized spacial score (nSPS) is 28.6. The van der Waals surface area contributed by atoms with Gasteiger partial charge in [0, 0.05) is 6.42 Å². The van der Waals surface area contributed by atoms with Crippen molar-refractivity contribution in [1.82, 2.24) is 4.90 Å². The van der Waals surface area contributed by atoms with Gasteiger partial charge in [0.15, 0.2) is 5.79 Å². The Balaban J connectivity index is 2.12. The molecule has 0 radical (unpaired) electrons. The first-order valence-electron chi connectivity index (χ1n) is 4.93. The average molecular weight is 214 g/mol. The molecule has 0 bridgehead atoms. The topological polar surface area (TPSA) is 81.9 Å². The largest absolute Gasteiger partial charge is 0.346 e. The maximum Gasteiger partial charge on any atom is 0.237 e. The second kappa shape index (κ2) is 3.88. The van der Waals surface area contributed by atoms with Gasteiger partial charge >= 0.3 is 0 Å². The number of carbonyl (C=O) groups is 2. The monoisotopic (exact) mass is 214 g/mol. The maximum absolute atomic E-state index is 11.5. The number of nitrogens with zero attached hydrogens (tertiary/aromatic N) is 1. The summed E-state index contributed by atoms with van der Waals surface area (Å²) in [5, 5.41) is 0. The van der Waals surface area contributed by atoms with Crippen LogP contribution in [0, 0.1) is 0 Å². The smallest absolute Gasteiger partial charge is 0.237 e. The van der Waals surface area contributed by atoms with Crippen LogP contribution in [-0.4, -0.2) is 55.2 Å². The van der Waals surface area contributed by atoms with Crippen molar-refractivity contribution in [3.05, 3.63) is 0 Å². The summed E-state index contributed by atoms with van der Waals surface area (Å²) >= 11 is 0. The summed E-state index contributed by atoms with van der Waals surface area (Å²) in [6.07, 6.45) is 1.15. The third-order valence-electron chi connectivity index (χ3n) is 2.80. The molecule has 84 valence electrons. The molecular weight excluding hydrogens is 200 g/mol. The van der Waals surface area contributed by atoms with E-state index in [1.54, 1.807) is 0 Å². The van der Waals surface area contributed by atoms with Crippen molar-refractivity contribution in [2.75, 3.05) is 26.3 Å². The molecule has 1 atom stereocenters. The predicted octanol–water partition coefficient (Wildman–Crippen LogP) is -1.51. The molecule has 0 aliphatic carbocycles. The Morgan fingerprint density at radius 1 is 1.53 bits per heavy atom. The van der Waals surface area contributed by atoms with Gasteiger partial charge < -0.3 is 24.9 Å². The first-order valence-corrected chi connectivity index (χ1v) is 4.93. The Hall–Kier alpha value is -0.980. The lowest BCUT2D eigenvalue weighted by atomic mass is 10.2. The van der Waals surface area contributed by atoms with Gasteiger partial charge in [-0.15, -0.1) is 0 Å². The first kappa shape index (κ1) is 10.5. The molecule has 2 heterocycles. The summed E-state index contributed by atoms with van der Waals surface area (Å²) < 4.78 is 10.9. The lowest BCUT2D eigenvalue weighted by Crippen LogP contribution is -2.42. The van der Waals surface area contributed by atoms with E-state index < -0.39 is 11.8 Å². The minimum atomic E-state index is -0.767. The van der Waals surface area contributed by atoms with E-state index in [9.17, 15) is 9.59 Å². The second-order valence-corrected chi connectivity index (χ2v) is 3.74. The third kappa shape index (κ3) is 1.75. The molecule has 1 spiro atoms. The highest BCUT2D eigenvalue weighted by molar-refractivity contribution is 5.82. The molecule has 0 unspecified atom stereocenters. The fraction of sp³-hybridized carbons (Fsp3) is 0.778. The third-order valence-corrected chi connectivity index (χ3v) is 2.80. The molecule has 2 aliphatic heterocycles. The Morgan fingerprint density at radius 2 is 2.20 bits per heavy atom. The molecule has 15 heavy (non-hydrogen) atoms. The highest BCUT2D eigenvalue weighted by Crippen LogP contribution is 2.33. The summed E-state index contributed by atoms with van der Waals surface area (Å²) in [6.45, 7) is 1.22. The average Bonchev–Trinajstić information content (AvgIpc) is 2.85. The number of rotatable bonds is 2. The quantitative estimate of drug-likeness (QED) is 0.565. The van der Waals surface area contributed by atoms with Crippen molar-refractivity contribution in [3.63, 3.8) is 0 Å². The fourth-order valence-electron chi connectivity index (χ4n) is 2.09. The van der Waals surface area contributed by atoms with Crippen molar-refractivity contribution in [2.24, 2.45) is 5.73 Å². The molecule has 2 rings (SSSR count). The van der Waals surface area contributed by atoms with E-state index in [0.717, 1.165) is 6.29 Å². The zero-order valence-corrected chi connectivity index (χ0v) is 8.35. The van der Waals surface area contributed by atoms with Crippen LogP contribution >= 0.6 is 0 Å². The van der Waals surface area contributed by atoms with E-state index in [1.807, 2.05) is 0 Å². The van der Waals surface area contributed by atoms with E-state index in [4.69, 9.17) is 15.2 Å². The molecule has 6 heteroatoms. The van der Waals surface area contributed by atoms with Crippen molar-refractivity contribution < 1.29 is 19.1 Å². The van der Waals surface area contributed by atoms with Gasteiger partial charge in [0.2, 0.25) is 5.91 Å². The second-order valence-electron chi connectivity index (χ2n) is 3.74. The lowest BCUT2D eigenvalue weighted by Gasteiger charge is -2.22. The predicted molar refractivity (Wildman–Crippen MR) is 49.9 cm³/mol. The minimum absolute atomic E-state index is 0.0968. The summed E-state index contributed by atoms with van der Waals surface area (Å²) in [5.74, 6) is -1.01. The molecule has 0 aromatic heterocycles. The van der Waals surface area contributed by atoms with E-state index >= 15 is 0 Å². The molecule has 2 N–H and O–H groups in total. The van der Waals surface area contributed by atoms with Crippen LogP contribution in [0.2, 0.25) is 0 Å². The van der Waals surface area contributed by atoms with Gasteiger partial charge in [-0.25, -0.2) is 0 Å². The summed E-state index contributed by atoms with van der Waals surface area (Å²) in [5.41, 5.74) is 5.27. The summed E-state index contributed by atoms with van der Waals surface area (Å²) in [6, 6.07) is -0.473. The fourth-order valence-corrected chi connectivity index (χ4v) is 2.09. The lowest BCUT2D eigenvalue weighted by molar-refractivity contribution is -0.151. The standard InChI is InChI=1S/C9H14N2O4/c10-4-8(13)11-6-9(3-7(11)5-12)14-1-2-15-9/h5,7H,1-4,6,10H2/t7-/m0/s1. The highest BCUT2D eigenvalue weighted by atomic mass is 16.7. The zero-order chi connectivity index (χ0) is 10.9. The molecule has 2 aliphatic rings. The number of nitrogens with two attached hydrogens (primary N) is 1. The molecular formula is C9H14N2O4. The Kier molecular flexibility index (Phi) is 2.72. The van der Waals surface area contributed by atoms with Crippen LogP contribution in [-0.2, 0) is 19.1 Å². The number of carbonyl (C=O) groups excluding carboxylic acids is 2. The Labute approximate surface area is 87.3 Å². The van der Waals surface area contributed by atoms with Crippen molar-refractivity contribution in [3.8, 4) is 0 Å². The SMILES string of the molecule is NCC(=O)N1CC2(C[C@H]1C=O)OCCO2. The first-order chi connectivity index (χ1) is 7.21. The number of amides is 1. The van der Waals surface area contributed by atoms with Crippen molar-refractivity contribution >= 4 is 12.2 Å².